The van der Waals surface area contributed by atoms with Crippen LogP contribution in [0, 0.1) is 0 Å². The van der Waals surface area contributed by atoms with Crippen LogP contribution in [0.1, 0.15) is 30.4 Å². The van der Waals surface area contributed by atoms with Crippen LogP contribution in [0.5, 0.6) is 0 Å². The van der Waals surface area contributed by atoms with Crippen molar-refractivity contribution in [2.24, 2.45) is 0 Å². The molecule has 2 nitrogen and oxygen atoms in total. The lowest BCUT2D eigenvalue weighted by Crippen LogP contribution is -2.35. The maximum absolute atomic E-state index is 10.6. The summed E-state index contributed by atoms with van der Waals surface area (Å²) in [4.78, 5) is 2.37. The van der Waals surface area contributed by atoms with Crippen LogP contribution in [0.25, 0.3) is 5.57 Å². The molecule has 24 heavy (non-hydrogen) atoms. The highest BCUT2D eigenvalue weighted by Crippen LogP contribution is 2.24. The molecule has 0 bridgehead atoms. The third-order valence-corrected chi connectivity index (χ3v) is 4.42. The summed E-state index contributed by atoms with van der Waals surface area (Å²) >= 11 is 0. The molecule has 1 heterocycles. The molecular weight excluding hydrogens is 318 g/mol. The van der Waals surface area contributed by atoms with Crippen molar-refractivity contribution in [2.75, 3.05) is 19.6 Å². The van der Waals surface area contributed by atoms with Crippen molar-refractivity contribution >= 4 is 18.0 Å². The monoisotopic (exact) mass is 343 g/mol. The highest BCUT2D eigenvalue weighted by atomic mass is 35.5. The van der Waals surface area contributed by atoms with Crippen molar-refractivity contribution in [1.29, 1.82) is 0 Å². The summed E-state index contributed by atoms with van der Waals surface area (Å²) < 4.78 is 0. The van der Waals surface area contributed by atoms with Crippen LogP contribution in [0.2, 0.25) is 0 Å². The number of benzene rings is 2. The van der Waals surface area contributed by atoms with E-state index in [1.807, 2.05) is 42.5 Å². The van der Waals surface area contributed by atoms with Gasteiger partial charge in [-0.05, 0) is 48.7 Å². The van der Waals surface area contributed by atoms with E-state index in [9.17, 15) is 5.11 Å². The summed E-state index contributed by atoms with van der Waals surface area (Å²) in [7, 11) is 0. The lowest BCUT2D eigenvalue weighted by atomic mass is 9.96. The molecule has 2 aromatic carbocycles. The fourth-order valence-corrected chi connectivity index (χ4v) is 3.25. The number of hydrogen-bond acceptors (Lipinski definition) is 2. The van der Waals surface area contributed by atoms with Crippen LogP contribution in [-0.2, 0) is 0 Å². The van der Waals surface area contributed by atoms with Gasteiger partial charge in [-0.15, -0.1) is 12.4 Å². The summed E-state index contributed by atoms with van der Waals surface area (Å²) in [6, 6.07) is 20.6. The zero-order chi connectivity index (χ0) is 15.9. The molecule has 1 aliphatic rings. The number of likely N-dealkylation sites (tertiary alicyclic amines) is 1. The smallest absolute Gasteiger partial charge is 0.0857 e. The first kappa shape index (κ1) is 18.7. The molecule has 3 rings (SSSR count). The maximum Gasteiger partial charge on any atom is 0.0857 e. The Morgan fingerprint density at radius 1 is 0.875 bits per heavy atom. The van der Waals surface area contributed by atoms with E-state index < -0.39 is 6.10 Å². The minimum absolute atomic E-state index is 0. The van der Waals surface area contributed by atoms with E-state index in [0.29, 0.717) is 0 Å². The Balaban J connectivity index is 0.00000208. The molecule has 1 fully saturated rings. The van der Waals surface area contributed by atoms with Gasteiger partial charge in [-0.3, -0.25) is 0 Å². The quantitative estimate of drug-likeness (QED) is 0.870. The van der Waals surface area contributed by atoms with Gasteiger partial charge in [-0.1, -0.05) is 67.1 Å². The number of nitrogens with zero attached hydrogens (tertiary/aromatic N) is 1. The molecular formula is C21H26ClNO. The Hall–Kier alpha value is -1.61. The lowest BCUT2D eigenvalue weighted by molar-refractivity contribution is 0.132. The van der Waals surface area contributed by atoms with Crippen molar-refractivity contribution in [3.63, 3.8) is 0 Å². The van der Waals surface area contributed by atoms with Crippen molar-refractivity contribution < 1.29 is 5.11 Å². The standard InChI is InChI=1S/C21H25NO.ClH/c23-20(17-22-14-8-3-9-15-22)16-21(18-10-4-1-5-11-18)19-12-6-2-7-13-19;/h1-2,4-7,10-13,16,20,23H,3,8-9,14-15,17H2;1H. The highest BCUT2D eigenvalue weighted by Gasteiger charge is 2.14. The fraction of sp³-hybridized carbons (Fsp3) is 0.333. The number of β-amino-alcohol motifs (C(OH)–C–C–N with tert-alkyl or cyclic N) is 1. The van der Waals surface area contributed by atoms with Gasteiger partial charge >= 0.3 is 0 Å². The topological polar surface area (TPSA) is 23.5 Å². The molecule has 0 spiro atoms. The summed E-state index contributed by atoms with van der Waals surface area (Å²) in [5.41, 5.74) is 3.41. The molecule has 1 aliphatic heterocycles. The van der Waals surface area contributed by atoms with Gasteiger partial charge in [0, 0.05) is 6.54 Å². The average Bonchev–Trinajstić information content (AvgIpc) is 2.62. The molecule has 1 unspecified atom stereocenters. The first-order valence-corrected chi connectivity index (χ1v) is 8.56. The van der Waals surface area contributed by atoms with Crippen LogP contribution in [0.15, 0.2) is 66.7 Å². The fourth-order valence-electron chi connectivity index (χ4n) is 3.25. The van der Waals surface area contributed by atoms with Gasteiger partial charge in [-0.2, -0.15) is 0 Å². The largest absolute Gasteiger partial charge is 0.388 e. The zero-order valence-corrected chi connectivity index (χ0v) is 14.8. The summed E-state index contributed by atoms with van der Waals surface area (Å²) in [5.74, 6) is 0. The second-order valence-corrected chi connectivity index (χ2v) is 6.24. The van der Waals surface area contributed by atoms with Crippen LogP contribution in [0.4, 0.5) is 0 Å². The van der Waals surface area contributed by atoms with E-state index in [-0.39, 0.29) is 12.4 Å². The van der Waals surface area contributed by atoms with E-state index in [2.05, 4.69) is 29.2 Å². The second kappa shape index (κ2) is 9.63. The number of piperidine rings is 1. The van der Waals surface area contributed by atoms with Gasteiger partial charge in [0.15, 0.2) is 0 Å². The lowest BCUT2D eigenvalue weighted by Gasteiger charge is -2.28. The molecule has 1 N–H and O–H groups in total. The summed E-state index contributed by atoms with van der Waals surface area (Å²) in [6.45, 7) is 2.94. The van der Waals surface area contributed by atoms with Crippen LogP contribution in [-0.4, -0.2) is 35.7 Å². The molecule has 3 heteroatoms. The normalized spacial score (nSPS) is 16.0. The Labute approximate surface area is 151 Å². The summed E-state index contributed by atoms with van der Waals surface area (Å²) in [6.07, 6.45) is 5.39. The zero-order valence-electron chi connectivity index (χ0n) is 14.0. The van der Waals surface area contributed by atoms with E-state index in [4.69, 9.17) is 0 Å². The van der Waals surface area contributed by atoms with Crippen LogP contribution < -0.4 is 0 Å². The van der Waals surface area contributed by atoms with E-state index >= 15 is 0 Å². The third-order valence-electron chi connectivity index (χ3n) is 4.42. The predicted octanol–water partition coefficient (Wildman–Crippen LogP) is 4.39. The molecule has 0 radical (unpaired) electrons. The highest BCUT2D eigenvalue weighted by molar-refractivity contribution is 5.85. The first-order chi connectivity index (χ1) is 11.3. The van der Waals surface area contributed by atoms with Crippen molar-refractivity contribution in [1.82, 2.24) is 4.90 Å². The van der Waals surface area contributed by atoms with Gasteiger partial charge in [-0.25, -0.2) is 0 Å². The minimum atomic E-state index is -0.441. The predicted molar refractivity (Wildman–Crippen MR) is 104 cm³/mol. The van der Waals surface area contributed by atoms with Gasteiger partial charge in [0.2, 0.25) is 0 Å². The van der Waals surface area contributed by atoms with E-state index in [1.54, 1.807) is 0 Å². The molecule has 1 atom stereocenters. The molecule has 0 saturated carbocycles. The number of rotatable bonds is 5. The third kappa shape index (κ3) is 5.20. The number of aliphatic hydroxyl groups excluding tert-OH is 1. The van der Waals surface area contributed by atoms with Gasteiger partial charge in [0.25, 0.3) is 0 Å². The summed E-state index contributed by atoms with van der Waals surface area (Å²) in [5, 5.41) is 10.6. The molecule has 2 aromatic rings. The molecule has 1 saturated heterocycles. The first-order valence-electron chi connectivity index (χ1n) is 8.56. The van der Waals surface area contributed by atoms with E-state index in [0.717, 1.165) is 36.3 Å². The van der Waals surface area contributed by atoms with Crippen molar-refractivity contribution in [2.45, 2.75) is 25.4 Å². The SMILES string of the molecule is Cl.OC(C=C(c1ccccc1)c1ccccc1)CN1CCCCC1. The molecule has 0 amide bonds. The number of hydrogen-bond donors (Lipinski definition) is 1. The Morgan fingerprint density at radius 3 is 1.88 bits per heavy atom. The van der Waals surface area contributed by atoms with Crippen LogP contribution >= 0.6 is 12.4 Å². The van der Waals surface area contributed by atoms with Gasteiger partial charge in [0.1, 0.15) is 0 Å². The van der Waals surface area contributed by atoms with Crippen molar-refractivity contribution in [3.05, 3.63) is 77.9 Å². The Kier molecular flexibility index (Phi) is 7.51. The Morgan fingerprint density at radius 2 is 1.38 bits per heavy atom. The maximum atomic E-state index is 10.6. The van der Waals surface area contributed by atoms with Crippen LogP contribution in [0.3, 0.4) is 0 Å². The average molecular weight is 344 g/mol. The molecule has 128 valence electrons. The molecule has 0 aromatic heterocycles. The van der Waals surface area contributed by atoms with Gasteiger partial charge < -0.3 is 10.0 Å². The number of aliphatic hydroxyl groups is 1. The second-order valence-electron chi connectivity index (χ2n) is 6.24. The Bertz CT molecular complexity index is 579. The number of halogens is 1. The van der Waals surface area contributed by atoms with Gasteiger partial charge in [0.05, 0.1) is 6.10 Å². The van der Waals surface area contributed by atoms with E-state index in [1.165, 1.54) is 19.3 Å². The van der Waals surface area contributed by atoms with Crippen molar-refractivity contribution in [3.8, 4) is 0 Å². The molecule has 0 aliphatic carbocycles. The minimum Gasteiger partial charge on any atom is -0.388 e.